The average Bonchev–Trinajstić information content (AvgIpc) is 2.27. The number of methoxy groups -OCH3 is 1. The maximum Gasteiger partial charge on any atom is 0.0897 e. The van der Waals surface area contributed by atoms with E-state index in [9.17, 15) is 5.11 Å². The van der Waals surface area contributed by atoms with Crippen LogP contribution in [0.5, 0.6) is 0 Å². The van der Waals surface area contributed by atoms with Crippen LogP contribution in [0.25, 0.3) is 0 Å². The Balaban J connectivity index is 2.29. The molecule has 0 aromatic rings. The lowest BCUT2D eigenvalue weighted by Gasteiger charge is -2.35. The molecule has 3 heteroatoms. The van der Waals surface area contributed by atoms with E-state index in [1.165, 1.54) is 25.7 Å². The molecule has 2 N–H and O–H groups in total. The number of aliphatic hydroxyl groups excluding tert-OH is 1. The fourth-order valence-corrected chi connectivity index (χ4v) is 2.76. The molecule has 0 aromatic carbocycles. The van der Waals surface area contributed by atoms with Gasteiger partial charge < -0.3 is 15.2 Å². The van der Waals surface area contributed by atoms with Crippen molar-refractivity contribution in [3.05, 3.63) is 0 Å². The summed E-state index contributed by atoms with van der Waals surface area (Å²) in [5.41, 5.74) is 0. The topological polar surface area (TPSA) is 41.5 Å². The number of aliphatic hydroxyl groups is 1. The van der Waals surface area contributed by atoms with Crippen molar-refractivity contribution in [2.75, 3.05) is 20.3 Å². The minimum Gasteiger partial charge on any atom is -0.389 e. The Bertz CT molecular complexity index is 187. The minimum absolute atomic E-state index is 0.373. The Morgan fingerprint density at radius 3 is 2.81 bits per heavy atom. The maximum absolute atomic E-state index is 9.60. The van der Waals surface area contributed by atoms with Crippen LogP contribution >= 0.6 is 0 Å². The van der Waals surface area contributed by atoms with Crippen molar-refractivity contribution in [2.24, 2.45) is 11.8 Å². The molecular weight excluding hydrogens is 202 g/mol. The zero-order chi connectivity index (χ0) is 12.0. The summed E-state index contributed by atoms with van der Waals surface area (Å²) in [7, 11) is 1.63. The summed E-state index contributed by atoms with van der Waals surface area (Å²) in [5, 5.41) is 13.1. The van der Waals surface area contributed by atoms with Crippen LogP contribution in [0.2, 0.25) is 0 Å². The van der Waals surface area contributed by atoms with E-state index in [1.807, 2.05) is 0 Å². The standard InChI is InChI=1S/C13H27NO2/c1-4-11-7-10(2)5-6-13(11)14-8-12(15)9-16-3/h10-15H,4-9H2,1-3H3. The molecule has 1 aliphatic carbocycles. The van der Waals surface area contributed by atoms with Gasteiger partial charge in [-0.2, -0.15) is 0 Å². The van der Waals surface area contributed by atoms with E-state index in [1.54, 1.807) is 7.11 Å². The van der Waals surface area contributed by atoms with Crippen molar-refractivity contribution in [3.8, 4) is 0 Å². The highest BCUT2D eigenvalue weighted by atomic mass is 16.5. The highest BCUT2D eigenvalue weighted by Crippen LogP contribution is 2.30. The maximum atomic E-state index is 9.60. The number of nitrogens with one attached hydrogen (secondary N) is 1. The molecule has 0 bridgehead atoms. The largest absolute Gasteiger partial charge is 0.389 e. The predicted molar refractivity (Wildman–Crippen MR) is 66.5 cm³/mol. The fraction of sp³-hybridized carbons (Fsp3) is 1.00. The SMILES string of the molecule is CCC1CC(C)CCC1NCC(O)COC. The smallest absolute Gasteiger partial charge is 0.0897 e. The number of rotatable bonds is 6. The van der Waals surface area contributed by atoms with Gasteiger partial charge in [0.1, 0.15) is 0 Å². The molecule has 1 saturated carbocycles. The van der Waals surface area contributed by atoms with Crippen LogP contribution in [0, 0.1) is 11.8 Å². The van der Waals surface area contributed by atoms with Gasteiger partial charge in [-0.05, 0) is 31.1 Å². The van der Waals surface area contributed by atoms with E-state index in [-0.39, 0.29) is 6.10 Å². The summed E-state index contributed by atoms with van der Waals surface area (Å²) in [4.78, 5) is 0. The van der Waals surface area contributed by atoms with Crippen molar-refractivity contribution in [2.45, 2.75) is 51.7 Å². The van der Waals surface area contributed by atoms with Gasteiger partial charge in [-0.25, -0.2) is 0 Å². The van der Waals surface area contributed by atoms with E-state index < -0.39 is 0 Å². The van der Waals surface area contributed by atoms with Gasteiger partial charge in [-0.1, -0.05) is 20.3 Å². The normalized spacial score (nSPS) is 32.6. The summed E-state index contributed by atoms with van der Waals surface area (Å²) in [6.45, 7) is 5.69. The third kappa shape index (κ3) is 4.40. The Morgan fingerprint density at radius 2 is 2.19 bits per heavy atom. The molecule has 4 unspecified atom stereocenters. The van der Waals surface area contributed by atoms with Crippen LogP contribution in [-0.4, -0.2) is 37.5 Å². The van der Waals surface area contributed by atoms with Crippen LogP contribution in [0.3, 0.4) is 0 Å². The van der Waals surface area contributed by atoms with Crippen LogP contribution in [0.1, 0.15) is 39.5 Å². The van der Waals surface area contributed by atoms with Crippen molar-refractivity contribution in [3.63, 3.8) is 0 Å². The highest BCUT2D eigenvalue weighted by molar-refractivity contribution is 4.83. The molecule has 96 valence electrons. The predicted octanol–water partition coefficient (Wildman–Crippen LogP) is 1.80. The van der Waals surface area contributed by atoms with Crippen LogP contribution < -0.4 is 5.32 Å². The quantitative estimate of drug-likeness (QED) is 0.730. The third-order valence-electron chi connectivity index (χ3n) is 3.74. The van der Waals surface area contributed by atoms with E-state index >= 15 is 0 Å². The van der Waals surface area contributed by atoms with Gasteiger partial charge in [0, 0.05) is 19.7 Å². The van der Waals surface area contributed by atoms with Crippen molar-refractivity contribution >= 4 is 0 Å². The van der Waals surface area contributed by atoms with Crippen molar-refractivity contribution in [1.29, 1.82) is 0 Å². The van der Waals surface area contributed by atoms with E-state index in [0.717, 1.165) is 11.8 Å². The first-order chi connectivity index (χ1) is 7.67. The lowest BCUT2D eigenvalue weighted by molar-refractivity contribution is 0.0583. The molecule has 0 amide bonds. The van der Waals surface area contributed by atoms with Crippen LogP contribution in [0.15, 0.2) is 0 Å². The zero-order valence-electron chi connectivity index (χ0n) is 10.9. The first-order valence-electron chi connectivity index (χ1n) is 6.57. The summed E-state index contributed by atoms with van der Waals surface area (Å²) >= 11 is 0. The van der Waals surface area contributed by atoms with Crippen LogP contribution in [0.4, 0.5) is 0 Å². The molecule has 3 nitrogen and oxygen atoms in total. The van der Waals surface area contributed by atoms with E-state index in [0.29, 0.717) is 19.2 Å². The van der Waals surface area contributed by atoms with Gasteiger partial charge in [0.25, 0.3) is 0 Å². The molecule has 0 radical (unpaired) electrons. The average molecular weight is 229 g/mol. The second kappa shape index (κ2) is 7.25. The minimum atomic E-state index is -0.373. The molecule has 1 fully saturated rings. The van der Waals surface area contributed by atoms with Crippen molar-refractivity contribution < 1.29 is 9.84 Å². The van der Waals surface area contributed by atoms with Gasteiger partial charge in [0.2, 0.25) is 0 Å². The summed E-state index contributed by atoms with van der Waals surface area (Å²) in [6.07, 6.45) is 4.76. The molecule has 0 aromatic heterocycles. The highest BCUT2D eigenvalue weighted by Gasteiger charge is 2.27. The summed E-state index contributed by atoms with van der Waals surface area (Å²) < 4.78 is 4.92. The van der Waals surface area contributed by atoms with Crippen LogP contribution in [-0.2, 0) is 4.74 Å². The molecule has 1 rings (SSSR count). The second-order valence-corrected chi connectivity index (χ2v) is 5.21. The Kier molecular flexibility index (Phi) is 6.32. The molecule has 0 aliphatic heterocycles. The Hall–Kier alpha value is -0.120. The molecule has 16 heavy (non-hydrogen) atoms. The van der Waals surface area contributed by atoms with E-state index in [2.05, 4.69) is 19.2 Å². The lowest BCUT2D eigenvalue weighted by atomic mass is 9.77. The summed E-state index contributed by atoms with van der Waals surface area (Å²) in [5.74, 6) is 1.64. The summed E-state index contributed by atoms with van der Waals surface area (Å²) in [6, 6.07) is 0.590. The second-order valence-electron chi connectivity index (χ2n) is 5.21. The first kappa shape index (κ1) is 13.9. The first-order valence-corrected chi connectivity index (χ1v) is 6.57. The Morgan fingerprint density at radius 1 is 1.44 bits per heavy atom. The third-order valence-corrected chi connectivity index (χ3v) is 3.74. The zero-order valence-corrected chi connectivity index (χ0v) is 10.9. The number of ether oxygens (including phenoxy) is 1. The molecule has 0 heterocycles. The van der Waals surface area contributed by atoms with Gasteiger partial charge in [0.15, 0.2) is 0 Å². The van der Waals surface area contributed by atoms with Gasteiger partial charge in [0.05, 0.1) is 12.7 Å². The van der Waals surface area contributed by atoms with Gasteiger partial charge >= 0.3 is 0 Å². The van der Waals surface area contributed by atoms with Gasteiger partial charge in [-0.3, -0.25) is 0 Å². The van der Waals surface area contributed by atoms with Gasteiger partial charge in [-0.15, -0.1) is 0 Å². The fourth-order valence-electron chi connectivity index (χ4n) is 2.76. The van der Waals surface area contributed by atoms with Crippen molar-refractivity contribution in [1.82, 2.24) is 5.32 Å². The monoisotopic (exact) mass is 229 g/mol. The molecule has 1 aliphatic rings. The lowest BCUT2D eigenvalue weighted by Crippen LogP contribution is -2.44. The molecule has 0 spiro atoms. The number of hydrogen-bond acceptors (Lipinski definition) is 3. The molecule has 0 saturated heterocycles. The Labute approximate surface area is 99.6 Å². The number of hydrogen-bond donors (Lipinski definition) is 2. The molecule has 4 atom stereocenters. The van der Waals surface area contributed by atoms with E-state index in [4.69, 9.17) is 4.74 Å². The molecular formula is C13H27NO2.